The Bertz CT molecular complexity index is 4030. The standard InChI is InChI=1S/C29H42NSi.C27H38NSi.C26H36NSi/c1-19(2)23-17-26(20(3)4)21(5)27(18-23)28-25-13-12-24(31(10,11)29(6,7)8)16-22(25)14-15-30(28)9;1-18(2)22-15-19(3)20(4)25(17-22)26-24-12-11-23(29(9,10)27(5,6)7)16-21(24)13-14-28(26)8;1-18(2)20-11-10-19(3)24(17-20)25-23-13-12-22(28(8,9)26(4,5)6)16-21(23)14-15-27(25)7/h12-20H,1-11H3;11-18H,1-10H3;10-18H,1-9H3/q3*+1. The van der Waals surface area contributed by atoms with Gasteiger partial charge in [-0.1, -0.05) is 233 Å². The zero-order valence-electron chi connectivity index (χ0n) is 60.9. The molecule has 0 aliphatic carbocycles. The number of hydrogen-bond acceptors (Lipinski definition) is 0. The van der Waals surface area contributed by atoms with Gasteiger partial charge in [0.05, 0.1) is 51.5 Å². The molecule has 3 aromatic heterocycles. The van der Waals surface area contributed by atoms with Crippen LogP contribution in [0.25, 0.3) is 66.1 Å². The highest BCUT2D eigenvalue weighted by atomic mass is 28.3. The lowest BCUT2D eigenvalue weighted by molar-refractivity contribution is -0.659. The fraction of sp³-hybridized carbons (Fsp3) is 0.451. The molecule has 6 aromatic carbocycles. The van der Waals surface area contributed by atoms with Gasteiger partial charge in [-0.2, -0.15) is 0 Å². The molecule has 0 unspecified atom stereocenters. The largest absolute Gasteiger partial charge is 0.220 e. The predicted molar refractivity (Wildman–Crippen MR) is 397 cm³/mol. The molecule has 9 rings (SSSR count). The van der Waals surface area contributed by atoms with Crippen molar-refractivity contribution in [3.8, 4) is 33.8 Å². The molecule has 3 nitrogen and oxygen atoms in total. The van der Waals surface area contributed by atoms with Crippen molar-refractivity contribution >= 4 is 72.1 Å². The predicted octanol–water partition coefficient (Wildman–Crippen LogP) is 20.9. The van der Waals surface area contributed by atoms with Gasteiger partial charge in [-0.15, -0.1) is 0 Å². The van der Waals surface area contributed by atoms with Gasteiger partial charge < -0.3 is 0 Å². The Kier molecular flexibility index (Phi) is 20.4. The van der Waals surface area contributed by atoms with E-state index in [1.165, 1.54) is 111 Å². The Balaban J connectivity index is 0.000000189. The van der Waals surface area contributed by atoms with Gasteiger partial charge in [0.25, 0.3) is 0 Å². The van der Waals surface area contributed by atoms with Crippen LogP contribution in [0.2, 0.25) is 54.4 Å². The Morgan fingerprint density at radius 3 is 0.966 bits per heavy atom. The van der Waals surface area contributed by atoms with E-state index in [2.05, 4.69) is 353 Å². The smallest absolute Gasteiger partial charge is 0.200 e. The summed E-state index contributed by atoms with van der Waals surface area (Å²) in [6, 6.07) is 45.1. The summed E-state index contributed by atoms with van der Waals surface area (Å²) in [6.07, 6.45) is 6.68. The van der Waals surface area contributed by atoms with Crippen LogP contribution in [0.1, 0.15) is 186 Å². The maximum atomic E-state index is 2.50. The molecular weight excluding hydrogens is 1110 g/mol. The minimum absolute atomic E-state index is 0.331. The zero-order valence-corrected chi connectivity index (χ0v) is 63.9. The first-order chi connectivity index (χ1) is 40.5. The van der Waals surface area contributed by atoms with E-state index in [1.807, 2.05) is 0 Å². The van der Waals surface area contributed by atoms with Gasteiger partial charge in [0, 0.05) is 23.8 Å². The van der Waals surface area contributed by atoms with Crippen LogP contribution in [0.5, 0.6) is 0 Å². The van der Waals surface area contributed by atoms with Crippen molar-refractivity contribution in [2.75, 3.05) is 0 Å². The molecular formula is C82H116N3Si3+3. The Morgan fingerprint density at radius 1 is 0.318 bits per heavy atom. The summed E-state index contributed by atoms with van der Waals surface area (Å²) in [5.41, 5.74) is 19.3. The molecule has 9 aromatic rings. The Labute approximate surface area is 539 Å². The van der Waals surface area contributed by atoms with Gasteiger partial charge in [-0.05, 0) is 164 Å². The third kappa shape index (κ3) is 13.9. The number of hydrogen-bond donors (Lipinski definition) is 0. The molecule has 88 heavy (non-hydrogen) atoms. The molecule has 0 bridgehead atoms. The molecule has 6 heteroatoms. The van der Waals surface area contributed by atoms with Gasteiger partial charge >= 0.3 is 0 Å². The second kappa shape index (κ2) is 25.8. The first kappa shape index (κ1) is 69.7. The molecule has 468 valence electrons. The van der Waals surface area contributed by atoms with Gasteiger partial charge in [0.1, 0.15) is 21.1 Å². The van der Waals surface area contributed by atoms with Crippen molar-refractivity contribution < 1.29 is 13.7 Å². The van der Waals surface area contributed by atoms with E-state index in [1.54, 1.807) is 15.6 Å². The van der Waals surface area contributed by atoms with Crippen LogP contribution in [0, 0.1) is 27.7 Å². The summed E-state index contributed by atoms with van der Waals surface area (Å²) in [6.45, 7) is 63.9. The second-order valence-electron chi connectivity index (χ2n) is 32.3. The highest BCUT2D eigenvalue weighted by Gasteiger charge is 2.40. The summed E-state index contributed by atoms with van der Waals surface area (Å²) >= 11 is 0. The molecule has 0 saturated carbocycles. The number of rotatable bonds is 10. The number of benzene rings is 6. The Morgan fingerprint density at radius 2 is 0.636 bits per heavy atom. The van der Waals surface area contributed by atoms with E-state index in [4.69, 9.17) is 0 Å². The quantitative estimate of drug-likeness (QED) is 0.0955. The average molecular weight is 1230 g/mol. The average Bonchev–Trinajstić information content (AvgIpc) is 2.08. The van der Waals surface area contributed by atoms with E-state index in [0.717, 1.165) is 0 Å². The van der Waals surface area contributed by atoms with E-state index >= 15 is 0 Å². The normalized spacial score (nSPS) is 12.8. The van der Waals surface area contributed by atoms with E-state index in [0.29, 0.717) is 38.8 Å². The summed E-state index contributed by atoms with van der Waals surface area (Å²) in [5.74, 6) is 2.09. The lowest BCUT2D eigenvalue weighted by atomic mass is 9.86. The third-order valence-electron chi connectivity index (χ3n) is 22.0. The molecule has 0 aliphatic rings. The minimum atomic E-state index is -1.57. The van der Waals surface area contributed by atoms with Gasteiger partial charge in [0.2, 0.25) is 17.1 Å². The van der Waals surface area contributed by atoms with Gasteiger partial charge in [-0.3, -0.25) is 0 Å². The second-order valence-corrected chi connectivity index (χ2v) is 48.3. The highest BCUT2D eigenvalue weighted by molar-refractivity contribution is 6.93. The summed E-state index contributed by atoms with van der Waals surface area (Å²) < 4.78 is 6.88. The monoisotopic (exact) mass is 1230 g/mol. The number of fused-ring (bicyclic) bond motifs is 3. The summed E-state index contributed by atoms with van der Waals surface area (Å²) in [4.78, 5) is 0. The molecule has 3 heterocycles. The summed E-state index contributed by atoms with van der Waals surface area (Å²) in [7, 11) is 1.84. The number of aryl methyl sites for hydroxylation is 5. The fourth-order valence-electron chi connectivity index (χ4n) is 12.2. The van der Waals surface area contributed by atoms with Crippen LogP contribution < -0.4 is 29.3 Å². The van der Waals surface area contributed by atoms with Crippen LogP contribution in [0.15, 0.2) is 134 Å². The SMILES string of the molecule is Cc1c(-c2c3ccc([Si](C)(C)C(C)(C)C)cc3cc[n+]2C)cc(C(C)C)cc1C(C)C.Cc1cc(C(C)C)cc(-c2c3ccc([Si](C)(C)C(C)(C)C)cc3cc[n+]2C)c1C.Cc1ccc(C(C)C)cc1-c1c2ccc([Si](C)(C)C(C)(C)C)cc2cc[n+]1C. The van der Waals surface area contributed by atoms with Crippen LogP contribution >= 0.6 is 0 Å². The lowest BCUT2D eigenvalue weighted by Gasteiger charge is -2.37. The maximum absolute atomic E-state index is 2.50. The first-order valence-electron chi connectivity index (χ1n) is 33.2. The molecule has 0 spiro atoms. The maximum Gasteiger partial charge on any atom is 0.220 e. The minimum Gasteiger partial charge on any atom is -0.200 e. The zero-order chi connectivity index (χ0) is 65.9. The van der Waals surface area contributed by atoms with Crippen molar-refractivity contribution in [1.82, 2.24) is 0 Å². The molecule has 0 radical (unpaired) electrons. The number of aromatic nitrogens is 3. The highest BCUT2D eigenvalue weighted by Crippen LogP contribution is 2.41. The van der Waals surface area contributed by atoms with Gasteiger partial charge in [-0.25, -0.2) is 13.7 Å². The molecule has 0 fully saturated rings. The van der Waals surface area contributed by atoms with E-state index in [-0.39, 0.29) is 0 Å². The van der Waals surface area contributed by atoms with Crippen LogP contribution in [0.3, 0.4) is 0 Å². The molecule has 0 N–H and O–H groups in total. The molecule has 0 amide bonds. The van der Waals surface area contributed by atoms with Crippen LogP contribution in [-0.2, 0) is 21.1 Å². The third-order valence-corrected chi connectivity index (χ3v) is 38.5. The first-order valence-corrected chi connectivity index (χ1v) is 42.2. The fourth-order valence-corrected chi connectivity index (χ4v) is 17.9. The van der Waals surface area contributed by atoms with Crippen molar-refractivity contribution in [3.05, 3.63) is 178 Å². The van der Waals surface area contributed by atoms with Crippen molar-refractivity contribution in [3.63, 3.8) is 0 Å². The van der Waals surface area contributed by atoms with E-state index in [9.17, 15) is 0 Å². The number of pyridine rings is 3. The van der Waals surface area contributed by atoms with Crippen LogP contribution in [-0.4, -0.2) is 24.2 Å². The van der Waals surface area contributed by atoms with Crippen molar-refractivity contribution in [2.24, 2.45) is 21.1 Å². The van der Waals surface area contributed by atoms with E-state index < -0.39 is 24.2 Å². The van der Waals surface area contributed by atoms with Crippen molar-refractivity contribution in [1.29, 1.82) is 0 Å². The van der Waals surface area contributed by atoms with Crippen molar-refractivity contribution in [2.45, 2.75) is 223 Å². The van der Waals surface area contributed by atoms with Gasteiger partial charge in [0.15, 0.2) is 18.6 Å². The summed E-state index contributed by atoms with van der Waals surface area (Å²) in [5, 5.41) is 13.7. The lowest BCUT2D eigenvalue weighted by Crippen LogP contribution is -2.49. The number of nitrogens with zero attached hydrogens (tertiary/aromatic N) is 3. The molecule has 0 aliphatic heterocycles. The molecule has 0 atom stereocenters. The van der Waals surface area contributed by atoms with Crippen LogP contribution in [0.4, 0.5) is 0 Å². The molecule has 0 saturated heterocycles. The topological polar surface area (TPSA) is 11.6 Å². The Hall–Kier alpha value is -5.80.